The first-order valence-corrected chi connectivity index (χ1v) is 6.40. The smallest absolute Gasteiger partial charge is 0.0846 e. The first kappa shape index (κ1) is 13.7. The van der Waals surface area contributed by atoms with Gasteiger partial charge in [0.2, 0.25) is 0 Å². The first-order chi connectivity index (χ1) is 9.01. The summed E-state index contributed by atoms with van der Waals surface area (Å²) in [6, 6.07) is 4.42. The molecule has 102 valence electrons. The van der Waals surface area contributed by atoms with Crippen molar-refractivity contribution >= 4 is 0 Å². The molecule has 0 aliphatic heterocycles. The van der Waals surface area contributed by atoms with Crippen LogP contribution in [-0.2, 0) is 13.5 Å². The van der Waals surface area contributed by atoms with E-state index in [1.54, 1.807) is 4.68 Å². The van der Waals surface area contributed by atoms with Gasteiger partial charge in [-0.25, -0.2) is 0 Å². The minimum absolute atomic E-state index is 0.0531. The Labute approximate surface area is 113 Å². The Morgan fingerprint density at radius 2 is 1.89 bits per heavy atom. The van der Waals surface area contributed by atoms with E-state index in [4.69, 9.17) is 5.84 Å². The van der Waals surface area contributed by atoms with Crippen LogP contribution in [0.4, 0.5) is 0 Å². The van der Waals surface area contributed by atoms with E-state index in [0.717, 1.165) is 12.1 Å². The van der Waals surface area contributed by atoms with Crippen LogP contribution in [0.1, 0.15) is 34.0 Å². The Kier molecular flexibility index (Phi) is 3.97. The molecule has 0 aliphatic carbocycles. The zero-order valence-corrected chi connectivity index (χ0v) is 11.9. The standard InChI is InChI=1S/C14H21N5/c1-9-5-10(2)14(11(3)6-9)13(16-15)7-12-8-19(4)18-17-12/h5-6,8,13,16H,7,15H2,1-4H3. The van der Waals surface area contributed by atoms with E-state index in [2.05, 4.69) is 48.6 Å². The molecule has 0 spiro atoms. The van der Waals surface area contributed by atoms with E-state index >= 15 is 0 Å². The maximum absolute atomic E-state index is 5.73. The van der Waals surface area contributed by atoms with Crippen LogP contribution in [0.2, 0.25) is 0 Å². The lowest BCUT2D eigenvalue weighted by Gasteiger charge is -2.20. The van der Waals surface area contributed by atoms with Crippen LogP contribution >= 0.6 is 0 Å². The van der Waals surface area contributed by atoms with E-state index in [1.165, 1.54) is 22.3 Å². The molecule has 5 nitrogen and oxygen atoms in total. The Bertz CT molecular complexity index is 550. The van der Waals surface area contributed by atoms with Gasteiger partial charge < -0.3 is 0 Å². The minimum Gasteiger partial charge on any atom is -0.271 e. The molecule has 0 saturated carbocycles. The van der Waals surface area contributed by atoms with E-state index < -0.39 is 0 Å². The second-order valence-electron chi connectivity index (χ2n) is 5.12. The van der Waals surface area contributed by atoms with Crippen LogP contribution in [0.5, 0.6) is 0 Å². The molecule has 1 aromatic carbocycles. The fraction of sp³-hybridized carbons (Fsp3) is 0.429. The number of nitrogens with one attached hydrogen (secondary N) is 1. The Morgan fingerprint density at radius 3 is 2.37 bits per heavy atom. The Morgan fingerprint density at radius 1 is 1.26 bits per heavy atom. The topological polar surface area (TPSA) is 68.8 Å². The van der Waals surface area contributed by atoms with Gasteiger partial charge in [-0.2, -0.15) is 0 Å². The number of benzene rings is 1. The first-order valence-electron chi connectivity index (χ1n) is 6.40. The number of aromatic nitrogens is 3. The molecule has 0 saturated heterocycles. The van der Waals surface area contributed by atoms with Gasteiger partial charge in [0.15, 0.2) is 0 Å². The zero-order chi connectivity index (χ0) is 14.0. The summed E-state index contributed by atoms with van der Waals surface area (Å²) in [5, 5.41) is 8.08. The maximum Gasteiger partial charge on any atom is 0.0846 e. The molecule has 0 aliphatic rings. The van der Waals surface area contributed by atoms with Crippen LogP contribution in [0, 0.1) is 20.8 Å². The predicted molar refractivity (Wildman–Crippen MR) is 75.4 cm³/mol. The summed E-state index contributed by atoms with van der Waals surface area (Å²) >= 11 is 0. The van der Waals surface area contributed by atoms with Crippen molar-refractivity contribution < 1.29 is 0 Å². The van der Waals surface area contributed by atoms with E-state index in [9.17, 15) is 0 Å². The third kappa shape index (κ3) is 3.00. The van der Waals surface area contributed by atoms with E-state index in [0.29, 0.717) is 0 Å². The number of hydrazine groups is 1. The molecule has 0 amide bonds. The largest absolute Gasteiger partial charge is 0.271 e. The molecular weight excluding hydrogens is 238 g/mol. The van der Waals surface area contributed by atoms with Crippen molar-refractivity contribution in [3.05, 3.63) is 46.3 Å². The lowest BCUT2D eigenvalue weighted by molar-refractivity contribution is 0.540. The summed E-state index contributed by atoms with van der Waals surface area (Å²) < 4.78 is 1.71. The van der Waals surface area contributed by atoms with E-state index in [1.807, 2.05) is 13.2 Å². The van der Waals surface area contributed by atoms with Gasteiger partial charge in [0, 0.05) is 19.7 Å². The summed E-state index contributed by atoms with van der Waals surface area (Å²) in [6.07, 6.45) is 2.65. The molecule has 3 N–H and O–H groups in total. The average Bonchev–Trinajstić information content (AvgIpc) is 2.72. The SMILES string of the molecule is Cc1cc(C)c(C(Cc2cn(C)nn2)NN)c(C)c1. The zero-order valence-electron chi connectivity index (χ0n) is 11.9. The molecule has 0 radical (unpaired) electrons. The van der Waals surface area contributed by atoms with Gasteiger partial charge in [0.1, 0.15) is 0 Å². The van der Waals surface area contributed by atoms with E-state index in [-0.39, 0.29) is 6.04 Å². The summed E-state index contributed by atoms with van der Waals surface area (Å²) in [4.78, 5) is 0. The molecule has 1 unspecified atom stereocenters. The van der Waals surface area contributed by atoms with Crippen LogP contribution in [0.15, 0.2) is 18.3 Å². The number of nitrogens with two attached hydrogens (primary N) is 1. The summed E-state index contributed by atoms with van der Waals surface area (Å²) in [7, 11) is 1.86. The normalized spacial score (nSPS) is 12.7. The highest BCUT2D eigenvalue weighted by Gasteiger charge is 2.17. The number of aryl methyl sites for hydroxylation is 4. The van der Waals surface area contributed by atoms with Crippen LogP contribution in [0.25, 0.3) is 0 Å². The highest BCUT2D eigenvalue weighted by molar-refractivity contribution is 5.40. The Balaban J connectivity index is 2.32. The van der Waals surface area contributed by atoms with Crippen molar-refractivity contribution in [2.24, 2.45) is 12.9 Å². The number of hydrogen-bond donors (Lipinski definition) is 2. The maximum atomic E-state index is 5.73. The number of nitrogens with zero attached hydrogens (tertiary/aromatic N) is 3. The van der Waals surface area contributed by atoms with Gasteiger partial charge in [-0.15, -0.1) is 5.10 Å². The van der Waals surface area contributed by atoms with Crippen LogP contribution < -0.4 is 11.3 Å². The van der Waals surface area contributed by atoms with Gasteiger partial charge in [0.05, 0.1) is 11.7 Å². The van der Waals surface area contributed by atoms with Crippen molar-refractivity contribution in [1.82, 2.24) is 20.4 Å². The lowest BCUT2D eigenvalue weighted by atomic mass is 9.92. The van der Waals surface area contributed by atoms with Gasteiger partial charge in [-0.05, 0) is 37.5 Å². The summed E-state index contributed by atoms with van der Waals surface area (Å²) in [6.45, 7) is 6.35. The van der Waals surface area contributed by atoms with Gasteiger partial charge in [-0.3, -0.25) is 16.0 Å². The van der Waals surface area contributed by atoms with Gasteiger partial charge in [0.25, 0.3) is 0 Å². The highest BCUT2D eigenvalue weighted by atomic mass is 15.4. The molecular formula is C14H21N5. The van der Waals surface area contributed by atoms with Gasteiger partial charge in [-0.1, -0.05) is 22.9 Å². The fourth-order valence-corrected chi connectivity index (χ4v) is 2.68. The second-order valence-corrected chi connectivity index (χ2v) is 5.12. The van der Waals surface area contributed by atoms with Crippen molar-refractivity contribution in [1.29, 1.82) is 0 Å². The molecule has 19 heavy (non-hydrogen) atoms. The van der Waals surface area contributed by atoms with Crippen molar-refractivity contribution in [2.75, 3.05) is 0 Å². The third-order valence-corrected chi connectivity index (χ3v) is 3.35. The molecule has 2 rings (SSSR count). The average molecular weight is 259 g/mol. The number of rotatable bonds is 4. The Hall–Kier alpha value is -1.72. The van der Waals surface area contributed by atoms with Crippen molar-refractivity contribution in [3.8, 4) is 0 Å². The quantitative estimate of drug-likeness (QED) is 0.645. The molecule has 2 aromatic rings. The fourth-order valence-electron chi connectivity index (χ4n) is 2.68. The molecule has 5 heteroatoms. The summed E-state index contributed by atoms with van der Waals surface area (Å²) in [5.41, 5.74) is 8.86. The van der Waals surface area contributed by atoms with Gasteiger partial charge >= 0.3 is 0 Å². The van der Waals surface area contributed by atoms with Crippen LogP contribution in [0.3, 0.4) is 0 Å². The monoisotopic (exact) mass is 259 g/mol. The number of hydrogen-bond acceptors (Lipinski definition) is 4. The lowest BCUT2D eigenvalue weighted by Crippen LogP contribution is -2.31. The molecule has 1 heterocycles. The summed E-state index contributed by atoms with van der Waals surface area (Å²) in [5.74, 6) is 5.73. The molecule has 1 aromatic heterocycles. The molecule has 0 fully saturated rings. The van der Waals surface area contributed by atoms with Crippen LogP contribution in [-0.4, -0.2) is 15.0 Å². The minimum atomic E-state index is 0.0531. The highest BCUT2D eigenvalue weighted by Crippen LogP contribution is 2.25. The third-order valence-electron chi connectivity index (χ3n) is 3.35. The van der Waals surface area contributed by atoms with Crippen molar-refractivity contribution in [3.63, 3.8) is 0 Å². The molecule has 1 atom stereocenters. The van der Waals surface area contributed by atoms with Crippen molar-refractivity contribution in [2.45, 2.75) is 33.2 Å². The molecule has 0 bridgehead atoms. The predicted octanol–water partition coefficient (Wildman–Crippen LogP) is 1.49. The second kappa shape index (κ2) is 5.50.